The second-order valence-electron chi connectivity index (χ2n) is 8.09. The van der Waals surface area contributed by atoms with Gasteiger partial charge in [-0.25, -0.2) is 9.97 Å². The Hall–Kier alpha value is -3.80. The standard InChI is InChI=1S/C26H25N5O/c32-26(28-18-19-7-6-14-27-17-19)21-12-15-31(16-13-21)25-22-10-4-5-11-23(22)29-24(30-25)20-8-2-1-3-9-20/h1-11,14,17,21H,12-13,15-16,18H2,(H,28,32). The number of piperidine rings is 1. The van der Waals surface area contributed by atoms with Crippen molar-refractivity contribution in [1.82, 2.24) is 20.3 Å². The van der Waals surface area contributed by atoms with Gasteiger partial charge >= 0.3 is 0 Å². The summed E-state index contributed by atoms with van der Waals surface area (Å²) < 4.78 is 0. The van der Waals surface area contributed by atoms with Gasteiger partial charge in [0.25, 0.3) is 0 Å². The Bertz CT molecular complexity index is 1200. The number of pyridine rings is 1. The average Bonchev–Trinajstić information content (AvgIpc) is 2.88. The second-order valence-corrected chi connectivity index (χ2v) is 8.09. The monoisotopic (exact) mass is 423 g/mol. The first-order valence-electron chi connectivity index (χ1n) is 11.0. The molecule has 0 spiro atoms. The van der Waals surface area contributed by atoms with Crippen LogP contribution >= 0.6 is 0 Å². The molecular formula is C26H25N5O. The van der Waals surface area contributed by atoms with Gasteiger partial charge in [-0.05, 0) is 36.6 Å². The highest BCUT2D eigenvalue weighted by Crippen LogP contribution is 2.30. The maximum absolute atomic E-state index is 12.7. The van der Waals surface area contributed by atoms with Crippen LogP contribution in [0.3, 0.4) is 0 Å². The number of carbonyl (C=O) groups is 1. The summed E-state index contributed by atoms with van der Waals surface area (Å²) in [6.45, 7) is 2.10. The molecule has 1 amide bonds. The number of aromatic nitrogens is 3. The Labute approximate surface area is 187 Å². The first kappa shape index (κ1) is 20.1. The molecule has 1 aliphatic rings. The van der Waals surface area contributed by atoms with E-state index in [-0.39, 0.29) is 11.8 Å². The molecular weight excluding hydrogens is 398 g/mol. The van der Waals surface area contributed by atoms with E-state index in [2.05, 4.69) is 21.3 Å². The minimum Gasteiger partial charge on any atom is -0.356 e. The zero-order valence-corrected chi connectivity index (χ0v) is 17.8. The lowest BCUT2D eigenvalue weighted by Gasteiger charge is -2.33. The number of para-hydroxylation sites is 1. The van der Waals surface area contributed by atoms with Crippen LogP contribution in [0, 0.1) is 5.92 Å². The number of benzene rings is 2. The summed E-state index contributed by atoms with van der Waals surface area (Å²) in [5.74, 6) is 1.81. The van der Waals surface area contributed by atoms with E-state index in [1.807, 2.05) is 60.7 Å². The van der Waals surface area contributed by atoms with Crippen LogP contribution in [-0.2, 0) is 11.3 Å². The van der Waals surface area contributed by atoms with Crippen LogP contribution in [0.2, 0.25) is 0 Å². The molecule has 4 aromatic rings. The number of anilines is 1. The lowest BCUT2D eigenvalue weighted by molar-refractivity contribution is -0.125. The maximum atomic E-state index is 12.7. The van der Waals surface area contributed by atoms with Crippen LogP contribution in [0.5, 0.6) is 0 Å². The Morgan fingerprint density at radius 2 is 1.72 bits per heavy atom. The maximum Gasteiger partial charge on any atom is 0.223 e. The van der Waals surface area contributed by atoms with Crippen molar-refractivity contribution in [3.05, 3.63) is 84.7 Å². The summed E-state index contributed by atoms with van der Waals surface area (Å²) >= 11 is 0. The molecule has 32 heavy (non-hydrogen) atoms. The van der Waals surface area contributed by atoms with Crippen LogP contribution in [0.15, 0.2) is 79.1 Å². The van der Waals surface area contributed by atoms with E-state index in [9.17, 15) is 4.79 Å². The summed E-state index contributed by atoms with van der Waals surface area (Å²) in [7, 11) is 0. The van der Waals surface area contributed by atoms with Crippen LogP contribution < -0.4 is 10.2 Å². The number of rotatable bonds is 5. The molecule has 6 heteroatoms. The molecule has 0 radical (unpaired) electrons. The van der Waals surface area contributed by atoms with E-state index in [1.165, 1.54) is 0 Å². The fourth-order valence-corrected chi connectivity index (χ4v) is 4.21. The van der Waals surface area contributed by atoms with E-state index in [1.54, 1.807) is 12.4 Å². The quantitative estimate of drug-likeness (QED) is 0.520. The van der Waals surface area contributed by atoms with Crippen molar-refractivity contribution in [3.8, 4) is 11.4 Å². The van der Waals surface area contributed by atoms with Crippen LogP contribution in [0.1, 0.15) is 18.4 Å². The van der Waals surface area contributed by atoms with Crippen LogP contribution in [0.4, 0.5) is 5.82 Å². The van der Waals surface area contributed by atoms with E-state index in [0.29, 0.717) is 6.54 Å². The predicted molar refractivity (Wildman–Crippen MR) is 126 cm³/mol. The summed E-state index contributed by atoms with van der Waals surface area (Å²) in [5, 5.41) is 4.11. The zero-order valence-electron chi connectivity index (χ0n) is 17.8. The smallest absolute Gasteiger partial charge is 0.223 e. The van der Waals surface area contributed by atoms with Gasteiger partial charge in [-0.2, -0.15) is 0 Å². The number of hydrogen-bond donors (Lipinski definition) is 1. The molecule has 5 rings (SSSR count). The molecule has 2 aromatic heterocycles. The Kier molecular flexibility index (Phi) is 5.75. The third-order valence-electron chi connectivity index (χ3n) is 5.97. The molecule has 160 valence electrons. The SMILES string of the molecule is O=C(NCc1cccnc1)C1CCN(c2nc(-c3ccccc3)nc3ccccc23)CC1. The first-order valence-corrected chi connectivity index (χ1v) is 11.0. The van der Waals surface area contributed by atoms with E-state index in [4.69, 9.17) is 9.97 Å². The number of nitrogens with one attached hydrogen (secondary N) is 1. The van der Waals surface area contributed by atoms with Gasteiger partial charge in [0.15, 0.2) is 5.82 Å². The highest BCUT2D eigenvalue weighted by Gasteiger charge is 2.26. The highest BCUT2D eigenvalue weighted by atomic mass is 16.1. The molecule has 0 bridgehead atoms. The summed E-state index contributed by atoms with van der Waals surface area (Å²) in [4.78, 5) is 28.8. The van der Waals surface area contributed by atoms with Gasteiger partial charge in [0.1, 0.15) is 5.82 Å². The van der Waals surface area contributed by atoms with Gasteiger partial charge in [-0.15, -0.1) is 0 Å². The second kappa shape index (κ2) is 9.14. The van der Waals surface area contributed by atoms with Crippen molar-refractivity contribution in [3.63, 3.8) is 0 Å². The molecule has 0 unspecified atom stereocenters. The summed E-state index contributed by atoms with van der Waals surface area (Å²) in [6, 6.07) is 22.1. The van der Waals surface area contributed by atoms with Gasteiger partial charge in [-0.3, -0.25) is 9.78 Å². The molecule has 0 saturated carbocycles. The van der Waals surface area contributed by atoms with Crippen molar-refractivity contribution >= 4 is 22.6 Å². The van der Waals surface area contributed by atoms with E-state index < -0.39 is 0 Å². The molecule has 2 aromatic carbocycles. The molecule has 1 saturated heterocycles. The van der Waals surface area contributed by atoms with Crippen molar-refractivity contribution in [1.29, 1.82) is 0 Å². The minimum absolute atomic E-state index is 0.0182. The number of hydrogen-bond acceptors (Lipinski definition) is 5. The Morgan fingerprint density at radius 1 is 0.938 bits per heavy atom. The predicted octanol–water partition coefficient (Wildman–Crippen LogP) is 4.22. The molecule has 1 aliphatic heterocycles. The molecule has 3 heterocycles. The van der Waals surface area contributed by atoms with E-state index in [0.717, 1.165) is 59.6 Å². The molecule has 6 nitrogen and oxygen atoms in total. The van der Waals surface area contributed by atoms with Gasteiger partial charge < -0.3 is 10.2 Å². The molecule has 0 aliphatic carbocycles. The largest absolute Gasteiger partial charge is 0.356 e. The third kappa shape index (κ3) is 4.30. The Morgan fingerprint density at radius 3 is 2.50 bits per heavy atom. The van der Waals surface area contributed by atoms with Gasteiger partial charge in [-0.1, -0.05) is 48.5 Å². The fraction of sp³-hybridized carbons (Fsp3) is 0.231. The molecule has 0 atom stereocenters. The van der Waals surface area contributed by atoms with E-state index >= 15 is 0 Å². The van der Waals surface area contributed by atoms with Gasteiger partial charge in [0.2, 0.25) is 5.91 Å². The van der Waals surface area contributed by atoms with Gasteiger partial charge in [0.05, 0.1) is 5.52 Å². The Balaban J connectivity index is 1.32. The summed E-state index contributed by atoms with van der Waals surface area (Å²) in [5.41, 5.74) is 2.95. The fourth-order valence-electron chi connectivity index (χ4n) is 4.21. The lowest BCUT2D eigenvalue weighted by Crippen LogP contribution is -2.40. The number of fused-ring (bicyclic) bond motifs is 1. The lowest BCUT2D eigenvalue weighted by atomic mass is 9.95. The highest BCUT2D eigenvalue weighted by molar-refractivity contribution is 5.91. The van der Waals surface area contributed by atoms with Crippen molar-refractivity contribution in [2.45, 2.75) is 19.4 Å². The van der Waals surface area contributed by atoms with Crippen molar-refractivity contribution < 1.29 is 4.79 Å². The topological polar surface area (TPSA) is 71.0 Å². The number of amides is 1. The molecule has 1 N–H and O–H groups in total. The summed E-state index contributed by atoms with van der Waals surface area (Å²) in [6.07, 6.45) is 5.13. The zero-order chi connectivity index (χ0) is 21.8. The van der Waals surface area contributed by atoms with Crippen LogP contribution in [-0.4, -0.2) is 33.9 Å². The van der Waals surface area contributed by atoms with Crippen LogP contribution in [0.25, 0.3) is 22.3 Å². The number of nitrogens with zero attached hydrogens (tertiary/aromatic N) is 4. The first-order chi connectivity index (χ1) is 15.8. The van der Waals surface area contributed by atoms with Crippen molar-refractivity contribution in [2.24, 2.45) is 5.92 Å². The number of carbonyl (C=O) groups excluding carboxylic acids is 1. The minimum atomic E-state index is 0.0182. The average molecular weight is 424 g/mol. The third-order valence-corrected chi connectivity index (χ3v) is 5.97. The normalized spacial score (nSPS) is 14.4. The van der Waals surface area contributed by atoms with Gasteiger partial charge in [0, 0.05) is 48.9 Å². The van der Waals surface area contributed by atoms with Crippen molar-refractivity contribution in [2.75, 3.05) is 18.0 Å². The molecule has 1 fully saturated rings.